The molecular weight excluding hydrogens is 332 g/mol. The first-order valence-corrected chi connectivity index (χ1v) is 7.57. The lowest BCUT2D eigenvalue weighted by Crippen LogP contribution is -2.46. The number of aromatic nitrogens is 2. The van der Waals surface area contributed by atoms with E-state index in [9.17, 15) is 24.9 Å². The molecule has 1 aromatic carbocycles. The van der Waals surface area contributed by atoms with E-state index in [0.29, 0.717) is 11.4 Å². The van der Waals surface area contributed by atoms with Crippen molar-refractivity contribution in [2.24, 2.45) is 0 Å². The van der Waals surface area contributed by atoms with Crippen molar-refractivity contribution in [2.45, 2.75) is 18.3 Å². The van der Waals surface area contributed by atoms with E-state index in [1.165, 1.54) is 4.90 Å². The molecule has 0 spiro atoms. The quantitative estimate of drug-likeness (QED) is 0.337. The van der Waals surface area contributed by atoms with Crippen LogP contribution in [0.3, 0.4) is 0 Å². The zero-order valence-corrected chi connectivity index (χ0v) is 13.0. The van der Waals surface area contributed by atoms with Crippen molar-refractivity contribution in [3.8, 4) is 0 Å². The number of hydrogen-bond acceptors (Lipinski definition) is 8. The summed E-state index contributed by atoms with van der Waals surface area (Å²) in [5.74, 6) is 0.150. The van der Waals surface area contributed by atoms with Gasteiger partial charge in [0.15, 0.2) is 0 Å². The summed E-state index contributed by atoms with van der Waals surface area (Å²) in [6.07, 6.45) is -4.61. The number of β-amino-alcohol motifs (C(OH)–C–C–N with tert-alkyl or cyclic N) is 1. The number of rotatable bonds is 5. The average Bonchev–Trinajstić information content (AvgIpc) is 2.59. The Labute approximate surface area is 141 Å². The molecule has 0 fully saturated rings. The van der Waals surface area contributed by atoms with Gasteiger partial charge in [-0.1, -0.05) is 12.1 Å². The second kappa shape index (κ2) is 6.69. The monoisotopic (exact) mass is 350 g/mol. The molecule has 0 saturated carbocycles. The highest BCUT2D eigenvalue weighted by Crippen LogP contribution is 2.39. The van der Waals surface area contributed by atoms with Crippen molar-refractivity contribution in [2.75, 3.05) is 23.4 Å². The lowest BCUT2D eigenvalue weighted by molar-refractivity contribution is -0.0726. The van der Waals surface area contributed by atoms with Gasteiger partial charge < -0.3 is 30.6 Å². The highest BCUT2D eigenvalue weighted by Gasteiger charge is 2.31. The molecule has 7 N–H and O–H groups in total. The van der Waals surface area contributed by atoms with Gasteiger partial charge in [-0.15, -0.1) is 0 Å². The number of anilines is 4. The second-order valence-corrected chi connectivity index (χ2v) is 5.69. The molecule has 10 heteroatoms. The van der Waals surface area contributed by atoms with Gasteiger partial charge in [0, 0.05) is 0 Å². The number of fused-ring (bicyclic) bond motifs is 2. The van der Waals surface area contributed by atoms with E-state index in [4.69, 9.17) is 5.11 Å². The molecule has 10 nitrogen and oxygen atoms in total. The molecule has 25 heavy (non-hydrogen) atoms. The standard InChI is InChI=1S/C15H18N4O6/c20-6-10(22)12(23)9(21)5-19-8-4-2-1-3-7(8)16-13-11(19)14(24)18-15(25)17-13/h1-4,9-10,12,20-23H,5-6H2,(H3,16,17,18,24,25). The van der Waals surface area contributed by atoms with Crippen LogP contribution in [0.25, 0.3) is 0 Å². The maximum atomic E-state index is 12.3. The number of aromatic amines is 2. The van der Waals surface area contributed by atoms with Gasteiger partial charge in [-0.25, -0.2) is 4.79 Å². The van der Waals surface area contributed by atoms with Crippen LogP contribution >= 0.6 is 0 Å². The predicted octanol–water partition coefficient (Wildman–Crippen LogP) is -1.67. The van der Waals surface area contributed by atoms with Crippen LogP contribution in [0.1, 0.15) is 0 Å². The molecule has 0 bridgehead atoms. The number of para-hydroxylation sites is 2. The van der Waals surface area contributed by atoms with Gasteiger partial charge >= 0.3 is 5.69 Å². The first-order chi connectivity index (χ1) is 11.9. The molecular formula is C15H18N4O6. The summed E-state index contributed by atoms with van der Waals surface area (Å²) in [5.41, 5.74) is -0.182. The molecule has 3 unspecified atom stereocenters. The number of hydrogen-bond donors (Lipinski definition) is 7. The molecule has 3 rings (SSSR count). The number of aliphatic hydroxyl groups is 4. The minimum atomic E-state index is -1.61. The van der Waals surface area contributed by atoms with Gasteiger partial charge in [0.1, 0.15) is 29.8 Å². The number of H-pyrrole nitrogens is 2. The topological polar surface area (TPSA) is 162 Å². The van der Waals surface area contributed by atoms with Crippen molar-refractivity contribution in [3.63, 3.8) is 0 Å². The summed E-state index contributed by atoms with van der Waals surface area (Å²) in [6.45, 7) is -0.972. The molecule has 1 aliphatic heterocycles. The number of nitrogens with zero attached hydrogens (tertiary/aromatic N) is 1. The minimum Gasteiger partial charge on any atom is -0.394 e. The third kappa shape index (κ3) is 3.15. The number of aliphatic hydroxyl groups excluding tert-OH is 4. The van der Waals surface area contributed by atoms with Crippen molar-refractivity contribution < 1.29 is 20.4 Å². The van der Waals surface area contributed by atoms with Crippen molar-refractivity contribution in [1.29, 1.82) is 0 Å². The van der Waals surface area contributed by atoms with E-state index in [-0.39, 0.29) is 18.1 Å². The molecule has 0 saturated heterocycles. The van der Waals surface area contributed by atoms with Gasteiger partial charge in [0.2, 0.25) is 0 Å². The van der Waals surface area contributed by atoms with Crippen molar-refractivity contribution in [1.82, 2.24) is 9.97 Å². The predicted molar refractivity (Wildman–Crippen MR) is 89.5 cm³/mol. The minimum absolute atomic E-state index is 0.0584. The average molecular weight is 350 g/mol. The fourth-order valence-corrected chi connectivity index (χ4v) is 2.75. The third-order valence-corrected chi connectivity index (χ3v) is 3.99. The molecule has 0 radical (unpaired) electrons. The number of nitrogens with one attached hydrogen (secondary N) is 3. The molecule has 0 aliphatic carbocycles. The number of benzene rings is 1. The van der Waals surface area contributed by atoms with Gasteiger partial charge in [-0.2, -0.15) is 0 Å². The van der Waals surface area contributed by atoms with E-state index in [2.05, 4.69) is 15.3 Å². The van der Waals surface area contributed by atoms with Gasteiger partial charge in [0.25, 0.3) is 5.56 Å². The Hall–Kier alpha value is -2.66. The van der Waals surface area contributed by atoms with Crippen LogP contribution in [-0.4, -0.2) is 61.9 Å². The van der Waals surface area contributed by atoms with E-state index < -0.39 is 36.2 Å². The van der Waals surface area contributed by atoms with Crippen LogP contribution in [0.2, 0.25) is 0 Å². The Kier molecular flexibility index (Phi) is 4.59. The summed E-state index contributed by atoms with van der Waals surface area (Å²) >= 11 is 0. The smallest absolute Gasteiger partial charge is 0.327 e. The highest BCUT2D eigenvalue weighted by molar-refractivity contribution is 5.89. The second-order valence-electron chi connectivity index (χ2n) is 5.69. The molecule has 0 amide bonds. The Bertz CT molecular complexity index is 879. The van der Waals surface area contributed by atoms with Crippen molar-refractivity contribution in [3.05, 3.63) is 45.1 Å². The summed E-state index contributed by atoms with van der Waals surface area (Å²) in [5, 5.41) is 41.4. The third-order valence-electron chi connectivity index (χ3n) is 3.99. The largest absolute Gasteiger partial charge is 0.394 e. The first-order valence-electron chi connectivity index (χ1n) is 7.57. The fraction of sp³-hybridized carbons (Fsp3) is 0.333. The maximum Gasteiger partial charge on any atom is 0.327 e. The van der Waals surface area contributed by atoms with Crippen molar-refractivity contribution >= 4 is 22.9 Å². The van der Waals surface area contributed by atoms with Crippen LogP contribution in [0.15, 0.2) is 33.9 Å². The molecule has 2 heterocycles. The Balaban J connectivity index is 2.04. The van der Waals surface area contributed by atoms with Crippen LogP contribution in [0.4, 0.5) is 22.9 Å². The Morgan fingerprint density at radius 1 is 1.04 bits per heavy atom. The molecule has 2 aromatic rings. The van der Waals surface area contributed by atoms with Crippen LogP contribution < -0.4 is 21.5 Å². The fourth-order valence-electron chi connectivity index (χ4n) is 2.75. The Morgan fingerprint density at radius 2 is 1.76 bits per heavy atom. The first kappa shape index (κ1) is 17.2. The summed E-state index contributed by atoms with van der Waals surface area (Å²) < 4.78 is 0. The summed E-state index contributed by atoms with van der Waals surface area (Å²) in [7, 11) is 0. The van der Waals surface area contributed by atoms with Gasteiger partial charge in [0.05, 0.1) is 24.5 Å². The lowest BCUT2D eigenvalue weighted by Gasteiger charge is -2.35. The zero-order chi connectivity index (χ0) is 18.1. The normalized spacial score (nSPS) is 16.4. The SMILES string of the molecule is O=c1[nH]c2c(c(=O)[nH]1)N(CC(O)C(O)C(O)CO)c1ccccc1N2. The van der Waals surface area contributed by atoms with E-state index in [1.54, 1.807) is 24.3 Å². The van der Waals surface area contributed by atoms with E-state index >= 15 is 0 Å². The van der Waals surface area contributed by atoms with Crippen LogP contribution in [-0.2, 0) is 0 Å². The molecule has 134 valence electrons. The molecule has 3 atom stereocenters. The summed E-state index contributed by atoms with van der Waals surface area (Å²) in [4.78, 5) is 29.8. The lowest BCUT2D eigenvalue weighted by atomic mass is 10.1. The molecule has 1 aliphatic rings. The maximum absolute atomic E-state index is 12.3. The highest BCUT2D eigenvalue weighted by atomic mass is 16.4. The molecule has 1 aromatic heterocycles. The van der Waals surface area contributed by atoms with Crippen LogP contribution in [0.5, 0.6) is 0 Å². The van der Waals surface area contributed by atoms with E-state index in [1.807, 2.05) is 0 Å². The van der Waals surface area contributed by atoms with Crippen LogP contribution in [0, 0.1) is 0 Å². The summed E-state index contributed by atoms with van der Waals surface area (Å²) in [6, 6.07) is 6.89. The van der Waals surface area contributed by atoms with E-state index in [0.717, 1.165) is 0 Å². The Morgan fingerprint density at radius 3 is 2.48 bits per heavy atom. The van der Waals surface area contributed by atoms with Gasteiger partial charge in [-0.05, 0) is 12.1 Å². The zero-order valence-electron chi connectivity index (χ0n) is 13.0. The van der Waals surface area contributed by atoms with Gasteiger partial charge in [-0.3, -0.25) is 14.8 Å².